The van der Waals surface area contributed by atoms with Crippen molar-refractivity contribution >= 4 is 35.1 Å². The van der Waals surface area contributed by atoms with Crippen molar-refractivity contribution < 1.29 is 19.6 Å². The molecule has 26 heavy (non-hydrogen) atoms. The Bertz CT molecular complexity index is 857. The van der Waals surface area contributed by atoms with Gasteiger partial charge in [-0.05, 0) is 18.2 Å². The van der Waals surface area contributed by atoms with Gasteiger partial charge in [-0.1, -0.05) is 23.7 Å². The van der Waals surface area contributed by atoms with Gasteiger partial charge in [-0.2, -0.15) is 5.10 Å². The van der Waals surface area contributed by atoms with Crippen molar-refractivity contribution in [1.82, 2.24) is 5.43 Å². The number of para-hydroxylation sites is 2. The fourth-order valence-electron chi connectivity index (χ4n) is 2.02. The zero-order chi connectivity index (χ0) is 19.1. The molecule has 0 aromatic heterocycles. The van der Waals surface area contributed by atoms with Crippen molar-refractivity contribution in [2.75, 3.05) is 19.0 Å². The van der Waals surface area contributed by atoms with Crippen LogP contribution in [0.5, 0.6) is 11.5 Å². The molecule has 1 amide bonds. The van der Waals surface area contributed by atoms with Gasteiger partial charge in [0.1, 0.15) is 5.75 Å². The van der Waals surface area contributed by atoms with Gasteiger partial charge in [0.25, 0.3) is 5.91 Å². The van der Waals surface area contributed by atoms with E-state index in [1.165, 1.54) is 13.2 Å². The SMILES string of the molecule is COc1ccccc1NCC(=O)N/N=C\c1cc(Cl)cc([N+](=O)[O-])c1O. The fraction of sp³-hybridized carbons (Fsp3) is 0.125. The third kappa shape index (κ3) is 4.84. The van der Waals surface area contributed by atoms with Crippen LogP contribution >= 0.6 is 11.6 Å². The Balaban J connectivity index is 1.98. The van der Waals surface area contributed by atoms with E-state index in [0.717, 1.165) is 12.3 Å². The molecule has 0 heterocycles. The van der Waals surface area contributed by atoms with Gasteiger partial charge in [-0.3, -0.25) is 14.9 Å². The van der Waals surface area contributed by atoms with Crippen molar-refractivity contribution in [1.29, 1.82) is 0 Å². The minimum atomic E-state index is -0.770. The minimum absolute atomic E-state index is 0.00203. The molecule has 0 atom stereocenters. The summed E-state index contributed by atoms with van der Waals surface area (Å²) >= 11 is 5.77. The summed E-state index contributed by atoms with van der Waals surface area (Å²) < 4.78 is 5.15. The number of aromatic hydroxyl groups is 1. The molecule has 2 aromatic rings. The zero-order valence-corrected chi connectivity index (χ0v) is 14.4. The Morgan fingerprint density at radius 3 is 2.85 bits per heavy atom. The largest absolute Gasteiger partial charge is 0.502 e. The molecule has 0 saturated heterocycles. The van der Waals surface area contributed by atoms with Crippen molar-refractivity contribution in [3.63, 3.8) is 0 Å². The number of benzene rings is 2. The highest BCUT2D eigenvalue weighted by atomic mass is 35.5. The Morgan fingerprint density at radius 1 is 1.42 bits per heavy atom. The number of methoxy groups -OCH3 is 1. The number of amides is 1. The number of hydrogen-bond acceptors (Lipinski definition) is 7. The maximum atomic E-state index is 11.8. The average Bonchev–Trinajstić information content (AvgIpc) is 2.62. The van der Waals surface area contributed by atoms with Gasteiger partial charge in [-0.15, -0.1) is 0 Å². The molecule has 0 aliphatic carbocycles. The third-order valence-electron chi connectivity index (χ3n) is 3.22. The molecular formula is C16H15ClN4O5. The second kappa shape index (κ2) is 8.67. The first-order valence-electron chi connectivity index (χ1n) is 7.28. The highest BCUT2D eigenvalue weighted by molar-refractivity contribution is 6.31. The summed E-state index contributed by atoms with van der Waals surface area (Å²) in [5.74, 6) is -0.479. The number of phenolic OH excluding ortho intramolecular Hbond substituents is 1. The van der Waals surface area contributed by atoms with Gasteiger partial charge in [-0.25, -0.2) is 5.43 Å². The number of rotatable bonds is 7. The Hall–Kier alpha value is -3.33. The van der Waals surface area contributed by atoms with E-state index in [-0.39, 0.29) is 17.1 Å². The van der Waals surface area contributed by atoms with Crippen LogP contribution in [-0.4, -0.2) is 35.8 Å². The number of halogens is 1. The zero-order valence-electron chi connectivity index (χ0n) is 13.6. The van der Waals surface area contributed by atoms with Crippen LogP contribution < -0.4 is 15.5 Å². The first kappa shape index (κ1) is 19.0. The Morgan fingerprint density at radius 2 is 2.15 bits per heavy atom. The monoisotopic (exact) mass is 378 g/mol. The number of anilines is 1. The fourth-order valence-corrected chi connectivity index (χ4v) is 2.24. The van der Waals surface area contributed by atoms with E-state index in [9.17, 15) is 20.0 Å². The number of nitrogens with zero attached hydrogens (tertiary/aromatic N) is 2. The Labute approximate surface area is 153 Å². The highest BCUT2D eigenvalue weighted by Gasteiger charge is 2.17. The van der Waals surface area contributed by atoms with E-state index in [1.807, 2.05) is 0 Å². The molecule has 2 rings (SSSR count). The lowest BCUT2D eigenvalue weighted by molar-refractivity contribution is -0.385. The van der Waals surface area contributed by atoms with E-state index in [4.69, 9.17) is 16.3 Å². The maximum Gasteiger partial charge on any atom is 0.312 e. The van der Waals surface area contributed by atoms with Crippen molar-refractivity contribution in [3.8, 4) is 11.5 Å². The van der Waals surface area contributed by atoms with Crippen LogP contribution in [0.15, 0.2) is 41.5 Å². The molecule has 2 aromatic carbocycles. The van der Waals surface area contributed by atoms with Crippen LogP contribution in [0.25, 0.3) is 0 Å². The van der Waals surface area contributed by atoms with Crippen LogP contribution in [0.4, 0.5) is 11.4 Å². The van der Waals surface area contributed by atoms with E-state index in [2.05, 4.69) is 15.8 Å². The second-order valence-corrected chi connectivity index (χ2v) is 5.40. The van der Waals surface area contributed by atoms with Crippen LogP contribution in [0, 0.1) is 10.1 Å². The van der Waals surface area contributed by atoms with Gasteiger partial charge in [0.05, 0.1) is 30.5 Å². The highest BCUT2D eigenvalue weighted by Crippen LogP contribution is 2.32. The third-order valence-corrected chi connectivity index (χ3v) is 3.44. The topological polar surface area (TPSA) is 126 Å². The van der Waals surface area contributed by atoms with E-state index < -0.39 is 22.3 Å². The lowest BCUT2D eigenvalue weighted by Crippen LogP contribution is -2.26. The smallest absolute Gasteiger partial charge is 0.312 e. The molecule has 0 aliphatic rings. The Kier molecular flexibility index (Phi) is 6.34. The lowest BCUT2D eigenvalue weighted by atomic mass is 10.2. The standard InChI is InChI=1S/C16H15ClN4O5/c1-26-14-5-3-2-4-12(14)18-9-15(22)20-19-8-10-6-11(17)7-13(16(10)23)21(24)25/h2-8,18,23H,9H2,1H3,(H,20,22)/b19-8-. The number of nitro groups is 1. The predicted octanol–water partition coefficient (Wildman–Crippen LogP) is 2.52. The van der Waals surface area contributed by atoms with Crippen LogP contribution in [0.2, 0.25) is 5.02 Å². The van der Waals surface area contributed by atoms with Crippen LogP contribution in [0.1, 0.15) is 5.56 Å². The first-order chi connectivity index (χ1) is 12.4. The van der Waals surface area contributed by atoms with Gasteiger partial charge in [0.2, 0.25) is 5.75 Å². The summed E-state index contributed by atoms with van der Waals surface area (Å²) in [7, 11) is 1.52. The van der Waals surface area contributed by atoms with Gasteiger partial charge >= 0.3 is 5.69 Å². The quantitative estimate of drug-likeness (QED) is 0.386. The summed E-state index contributed by atoms with van der Waals surface area (Å²) in [6, 6.07) is 9.38. The van der Waals surface area contributed by atoms with E-state index in [1.54, 1.807) is 24.3 Å². The van der Waals surface area contributed by atoms with Crippen LogP contribution in [0.3, 0.4) is 0 Å². The average molecular weight is 379 g/mol. The molecule has 9 nitrogen and oxygen atoms in total. The van der Waals surface area contributed by atoms with E-state index in [0.29, 0.717) is 11.4 Å². The molecule has 0 radical (unpaired) electrons. The number of phenols is 1. The second-order valence-electron chi connectivity index (χ2n) is 4.97. The maximum absolute atomic E-state index is 11.8. The number of hydrazone groups is 1. The van der Waals surface area contributed by atoms with Crippen molar-refractivity contribution in [2.24, 2.45) is 5.10 Å². The molecule has 0 saturated carbocycles. The number of hydrogen-bond donors (Lipinski definition) is 3. The summed E-state index contributed by atoms with van der Waals surface area (Å²) in [6.45, 7) is -0.0839. The molecule has 3 N–H and O–H groups in total. The molecule has 0 unspecified atom stereocenters. The number of nitrogens with one attached hydrogen (secondary N) is 2. The number of nitro benzene ring substituents is 1. The molecule has 0 aliphatic heterocycles. The normalized spacial score (nSPS) is 10.5. The number of carbonyl (C=O) groups is 1. The van der Waals surface area contributed by atoms with Gasteiger partial charge < -0.3 is 15.2 Å². The summed E-state index contributed by atoms with van der Waals surface area (Å²) in [4.78, 5) is 21.9. The first-order valence-corrected chi connectivity index (χ1v) is 7.66. The van der Waals surface area contributed by atoms with Crippen molar-refractivity contribution in [3.05, 3.63) is 57.1 Å². The van der Waals surface area contributed by atoms with Crippen LogP contribution in [-0.2, 0) is 4.79 Å². The molecular weight excluding hydrogens is 364 g/mol. The van der Waals surface area contributed by atoms with E-state index >= 15 is 0 Å². The molecule has 0 spiro atoms. The lowest BCUT2D eigenvalue weighted by Gasteiger charge is -2.09. The summed E-state index contributed by atoms with van der Waals surface area (Å²) in [6.07, 6.45) is 1.06. The molecule has 10 heteroatoms. The van der Waals surface area contributed by atoms with Crippen molar-refractivity contribution in [2.45, 2.75) is 0 Å². The summed E-state index contributed by atoms with van der Waals surface area (Å²) in [5.41, 5.74) is 2.32. The van der Waals surface area contributed by atoms with Gasteiger partial charge in [0, 0.05) is 16.7 Å². The molecule has 0 bridgehead atoms. The predicted molar refractivity (Wildman–Crippen MR) is 97.0 cm³/mol. The van der Waals surface area contributed by atoms with Gasteiger partial charge in [0.15, 0.2) is 0 Å². The molecule has 136 valence electrons. The number of ether oxygens (including phenoxy) is 1. The minimum Gasteiger partial charge on any atom is -0.502 e. The summed E-state index contributed by atoms with van der Waals surface area (Å²) in [5, 5.41) is 27.3. The molecule has 0 fully saturated rings. The number of carbonyl (C=O) groups excluding carboxylic acids is 1.